The predicted octanol–water partition coefficient (Wildman–Crippen LogP) is 2.81. The highest BCUT2D eigenvalue weighted by atomic mass is 19.1. The summed E-state index contributed by atoms with van der Waals surface area (Å²) in [5, 5.41) is 9.08. The van der Waals surface area contributed by atoms with Crippen LogP contribution >= 0.6 is 0 Å². The molecule has 2 rings (SSSR count). The maximum Gasteiger partial charge on any atom is 0.323 e. The monoisotopic (exact) mass is 288 g/mol. The number of nitrogen functional groups attached to an aromatic ring is 1. The van der Waals surface area contributed by atoms with Crippen LogP contribution < -0.4 is 10.6 Å². The van der Waals surface area contributed by atoms with E-state index in [1.165, 1.54) is 12.1 Å². The lowest BCUT2D eigenvalue weighted by Gasteiger charge is -2.25. The molecule has 0 aliphatic heterocycles. The Balaban J connectivity index is 2.35. The number of aryl methyl sites for hydroxylation is 1. The molecule has 2 aromatic rings. The molecule has 0 aliphatic carbocycles. The fourth-order valence-electron chi connectivity index (χ4n) is 2.18. The van der Waals surface area contributed by atoms with E-state index >= 15 is 0 Å². The minimum absolute atomic E-state index is 0.204. The van der Waals surface area contributed by atoms with Crippen molar-refractivity contribution in [1.82, 2.24) is 0 Å². The topological polar surface area (TPSA) is 66.6 Å². The fraction of sp³-hybridized carbons (Fsp3) is 0.188. The molecule has 0 amide bonds. The molecule has 0 bridgehead atoms. The van der Waals surface area contributed by atoms with Gasteiger partial charge in [-0.25, -0.2) is 4.39 Å². The average molecular weight is 288 g/mol. The molecule has 0 fully saturated rings. The number of para-hydroxylation sites is 2. The van der Waals surface area contributed by atoms with Crippen LogP contribution in [-0.4, -0.2) is 17.6 Å². The van der Waals surface area contributed by atoms with Gasteiger partial charge in [0, 0.05) is 6.54 Å². The summed E-state index contributed by atoms with van der Waals surface area (Å²) in [6.07, 6.45) is 0. The van der Waals surface area contributed by atoms with Gasteiger partial charge in [0.2, 0.25) is 0 Å². The van der Waals surface area contributed by atoms with Crippen molar-refractivity contribution < 1.29 is 14.3 Å². The Morgan fingerprint density at radius 2 is 2.00 bits per heavy atom. The van der Waals surface area contributed by atoms with Gasteiger partial charge in [0.15, 0.2) is 0 Å². The van der Waals surface area contributed by atoms with E-state index in [1.807, 2.05) is 6.92 Å². The molecule has 0 saturated carbocycles. The van der Waals surface area contributed by atoms with Gasteiger partial charge in [-0.3, -0.25) is 4.79 Å². The summed E-state index contributed by atoms with van der Waals surface area (Å²) in [5.41, 5.74) is 8.67. The number of carbonyl (C=O) groups is 1. The van der Waals surface area contributed by atoms with E-state index in [0.29, 0.717) is 11.4 Å². The molecule has 0 spiro atoms. The SMILES string of the molecule is Cc1ccc(F)cc1CN(CC(=O)O)c1ccccc1N. The molecule has 5 heteroatoms. The van der Waals surface area contributed by atoms with Gasteiger partial charge in [-0.15, -0.1) is 0 Å². The second kappa shape index (κ2) is 6.26. The molecule has 0 atom stereocenters. The largest absolute Gasteiger partial charge is 0.480 e. The van der Waals surface area contributed by atoms with Crippen LogP contribution in [0.15, 0.2) is 42.5 Å². The zero-order chi connectivity index (χ0) is 15.4. The van der Waals surface area contributed by atoms with E-state index in [0.717, 1.165) is 11.1 Å². The Bertz CT molecular complexity index is 658. The van der Waals surface area contributed by atoms with Crippen molar-refractivity contribution in [3.8, 4) is 0 Å². The second-order valence-corrected chi connectivity index (χ2v) is 4.88. The lowest BCUT2D eigenvalue weighted by Crippen LogP contribution is -2.30. The van der Waals surface area contributed by atoms with E-state index in [9.17, 15) is 9.18 Å². The molecule has 3 N–H and O–H groups in total. The second-order valence-electron chi connectivity index (χ2n) is 4.88. The Morgan fingerprint density at radius 3 is 2.67 bits per heavy atom. The van der Waals surface area contributed by atoms with E-state index in [-0.39, 0.29) is 18.9 Å². The first-order chi connectivity index (χ1) is 9.97. The van der Waals surface area contributed by atoms with Crippen LogP contribution in [0.25, 0.3) is 0 Å². The third kappa shape index (κ3) is 3.72. The van der Waals surface area contributed by atoms with Crippen LogP contribution in [0.5, 0.6) is 0 Å². The first-order valence-electron chi connectivity index (χ1n) is 6.53. The molecule has 0 unspecified atom stereocenters. The van der Waals surface area contributed by atoms with Gasteiger partial charge in [0.25, 0.3) is 0 Å². The Kier molecular flexibility index (Phi) is 4.42. The van der Waals surface area contributed by atoms with Crippen molar-refractivity contribution in [2.24, 2.45) is 0 Å². The van der Waals surface area contributed by atoms with Gasteiger partial charge >= 0.3 is 5.97 Å². The van der Waals surface area contributed by atoms with Crippen LogP contribution in [0, 0.1) is 12.7 Å². The Hall–Kier alpha value is -2.56. The van der Waals surface area contributed by atoms with E-state index in [4.69, 9.17) is 10.8 Å². The minimum Gasteiger partial charge on any atom is -0.480 e. The summed E-state index contributed by atoms with van der Waals surface area (Å²) >= 11 is 0. The first kappa shape index (κ1) is 14.8. The third-order valence-electron chi connectivity index (χ3n) is 3.28. The van der Waals surface area contributed by atoms with E-state index < -0.39 is 5.97 Å². The number of hydrogen-bond donors (Lipinski definition) is 2. The van der Waals surface area contributed by atoms with Crippen molar-refractivity contribution in [3.63, 3.8) is 0 Å². The highest BCUT2D eigenvalue weighted by Crippen LogP contribution is 2.25. The van der Waals surface area contributed by atoms with Crippen molar-refractivity contribution >= 4 is 17.3 Å². The van der Waals surface area contributed by atoms with Gasteiger partial charge in [0.05, 0.1) is 11.4 Å². The van der Waals surface area contributed by atoms with Crippen LogP contribution in [0.3, 0.4) is 0 Å². The zero-order valence-electron chi connectivity index (χ0n) is 11.7. The number of anilines is 2. The van der Waals surface area contributed by atoms with E-state index in [2.05, 4.69) is 0 Å². The number of carboxylic acids is 1. The number of benzene rings is 2. The molecule has 0 heterocycles. The van der Waals surface area contributed by atoms with Gasteiger partial charge in [-0.2, -0.15) is 0 Å². The van der Waals surface area contributed by atoms with E-state index in [1.54, 1.807) is 35.2 Å². The van der Waals surface area contributed by atoms with Gasteiger partial charge in [-0.1, -0.05) is 18.2 Å². The lowest BCUT2D eigenvalue weighted by molar-refractivity contribution is -0.135. The highest BCUT2D eigenvalue weighted by Gasteiger charge is 2.15. The summed E-state index contributed by atoms with van der Waals surface area (Å²) in [4.78, 5) is 12.7. The summed E-state index contributed by atoms with van der Waals surface area (Å²) in [5.74, 6) is -1.31. The number of halogens is 1. The van der Waals surface area contributed by atoms with Crippen LogP contribution in [-0.2, 0) is 11.3 Å². The van der Waals surface area contributed by atoms with Crippen molar-refractivity contribution in [1.29, 1.82) is 0 Å². The van der Waals surface area contributed by atoms with Crippen LogP contribution in [0.2, 0.25) is 0 Å². The fourth-order valence-corrected chi connectivity index (χ4v) is 2.18. The minimum atomic E-state index is -0.965. The molecule has 0 radical (unpaired) electrons. The molecule has 21 heavy (non-hydrogen) atoms. The number of aliphatic carboxylic acids is 1. The number of nitrogens with two attached hydrogens (primary N) is 1. The normalized spacial score (nSPS) is 10.4. The molecule has 0 aliphatic rings. The number of carboxylic acid groups (broad SMARTS) is 1. The highest BCUT2D eigenvalue weighted by molar-refractivity contribution is 5.77. The maximum absolute atomic E-state index is 13.4. The predicted molar refractivity (Wildman–Crippen MR) is 80.7 cm³/mol. The van der Waals surface area contributed by atoms with Gasteiger partial charge < -0.3 is 15.7 Å². The number of nitrogens with zero attached hydrogens (tertiary/aromatic N) is 1. The quantitative estimate of drug-likeness (QED) is 0.830. The first-order valence-corrected chi connectivity index (χ1v) is 6.53. The molecule has 0 saturated heterocycles. The summed E-state index contributed by atoms with van der Waals surface area (Å²) in [6.45, 7) is 1.94. The molecule has 0 aromatic heterocycles. The zero-order valence-corrected chi connectivity index (χ0v) is 11.7. The van der Waals surface area contributed by atoms with Gasteiger partial charge in [-0.05, 0) is 42.3 Å². The summed E-state index contributed by atoms with van der Waals surface area (Å²) in [7, 11) is 0. The number of hydrogen-bond acceptors (Lipinski definition) is 3. The lowest BCUT2D eigenvalue weighted by atomic mass is 10.1. The molecule has 110 valence electrons. The number of rotatable bonds is 5. The molecular formula is C16H17FN2O2. The van der Waals surface area contributed by atoms with Crippen LogP contribution in [0.1, 0.15) is 11.1 Å². The molecular weight excluding hydrogens is 271 g/mol. The van der Waals surface area contributed by atoms with Crippen molar-refractivity contribution in [2.75, 3.05) is 17.2 Å². The average Bonchev–Trinajstić information content (AvgIpc) is 2.42. The summed E-state index contributed by atoms with van der Waals surface area (Å²) < 4.78 is 13.4. The summed E-state index contributed by atoms with van der Waals surface area (Å²) in [6, 6.07) is 11.5. The standard InChI is InChI=1S/C16H17FN2O2/c1-11-6-7-13(17)8-12(11)9-19(10-16(20)21)15-5-3-2-4-14(15)18/h2-8H,9-10,18H2,1H3,(H,20,21). The smallest absolute Gasteiger partial charge is 0.323 e. The Labute approximate surface area is 122 Å². The molecule has 4 nitrogen and oxygen atoms in total. The van der Waals surface area contributed by atoms with Crippen molar-refractivity contribution in [3.05, 3.63) is 59.4 Å². The Morgan fingerprint density at radius 1 is 1.29 bits per heavy atom. The third-order valence-corrected chi connectivity index (χ3v) is 3.28. The van der Waals surface area contributed by atoms with Gasteiger partial charge in [0.1, 0.15) is 12.4 Å². The van der Waals surface area contributed by atoms with Crippen molar-refractivity contribution in [2.45, 2.75) is 13.5 Å². The molecule has 2 aromatic carbocycles. The van der Waals surface area contributed by atoms with Crippen LogP contribution in [0.4, 0.5) is 15.8 Å². The maximum atomic E-state index is 13.4.